The molecule has 0 amide bonds. The van der Waals surface area contributed by atoms with Crippen molar-refractivity contribution in [1.82, 2.24) is 4.90 Å². The Labute approximate surface area is 69.5 Å². The minimum absolute atomic E-state index is 0.178. The van der Waals surface area contributed by atoms with Gasteiger partial charge in [-0.05, 0) is 12.3 Å². The van der Waals surface area contributed by atoms with E-state index < -0.39 is 0 Å². The number of nitrogens with zero attached hydrogens (tertiary/aromatic N) is 1. The van der Waals surface area contributed by atoms with Crippen LogP contribution < -0.4 is 0 Å². The monoisotopic (exact) mass is 156 g/mol. The molecule has 0 spiro atoms. The van der Waals surface area contributed by atoms with Crippen LogP contribution in [0.5, 0.6) is 0 Å². The van der Waals surface area contributed by atoms with E-state index in [9.17, 15) is 0 Å². The van der Waals surface area contributed by atoms with E-state index in [1.54, 1.807) is 0 Å². The van der Waals surface area contributed by atoms with Crippen LogP contribution in [0.25, 0.3) is 0 Å². The van der Waals surface area contributed by atoms with Gasteiger partial charge in [0.1, 0.15) is 0 Å². The fourth-order valence-electron chi connectivity index (χ4n) is 1.36. The van der Waals surface area contributed by atoms with Crippen molar-refractivity contribution in [3.8, 4) is 0 Å². The quantitative estimate of drug-likeness (QED) is 0.595. The molecule has 0 aromatic rings. The zero-order valence-corrected chi connectivity index (χ0v) is 7.60. The van der Waals surface area contributed by atoms with Gasteiger partial charge in [-0.15, -0.1) is 0 Å². The van der Waals surface area contributed by atoms with Crippen LogP contribution in [0.3, 0.4) is 0 Å². The predicted molar refractivity (Wildman–Crippen MR) is 46.4 cm³/mol. The van der Waals surface area contributed by atoms with Crippen LogP contribution in [0.4, 0.5) is 0 Å². The van der Waals surface area contributed by atoms with Crippen molar-refractivity contribution in [2.75, 3.05) is 32.8 Å². The number of hydrogen-bond donors (Lipinski definition) is 0. The highest BCUT2D eigenvalue weighted by molar-refractivity contribution is 4.76. The number of ether oxygens (including phenoxy) is 1. The molecule has 0 aliphatic carbocycles. The molecule has 0 aromatic heterocycles. The Kier molecular flexibility index (Phi) is 2.90. The highest BCUT2D eigenvalue weighted by atomic mass is 16.5. The summed E-state index contributed by atoms with van der Waals surface area (Å²) in [5.74, 6) is 0. The smallest absolute Gasteiger partial charge is 0.0594 e. The lowest BCUT2D eigenvalue weighted by Crippen LogP contribution is -2.41. The Bertz CT molecular complexity index is 111. The molecule has 1 heterocycles. The molecule has 65 valence electrons. The van der Waals surface area contributed by atoms with Crippen molar-refractivity contribution in [3.63, 3.8) is 0 Å². The average molecular weight is 156 g/mol. The van der Waals surface area contributed by atoms with Gasteiger partial charge in [0, 0.05) is 19.6 Å². The molecule has 1 saturated heterocycles. The minimum atomic E-state index is 0.178. The largest absolute Gasteiger partial charge is 0.379 e. The van der Waals surface area contributed by atoms with Crippen LogP contribution >= 0.6 is 0 Å². The van der Waals surface area contributed by atoms with Gasteiger partial charge in [0.15, 0.2) is 0 Å². The van der Waals surface area contributed by atoms with Gasteiger partial charge < -0.3 is 4.74 Å². The first kappa shape index (κ1) is 9.01. The molecule has 0 unspecified atom stereocenters. The van der Waals surface area contributed by atoms with Crippen LogP contribution in [0.1, 0.15) is 13.8 Å². The maximum absolute atomic E-state index is 5.25. The van der Waals surface area contributed by atoms with E-state index in [0.29, 0.717) is 0 Å². The van der Waals surface area contributed by atoms with Gasteiger partial charge >= 0.3 is 0 Å². The Morgan fingerprint density at radius 1 is 1.36 bits per heavy atom. The third-order valence-corrected chi connectivity index (χ3v) is 1.76. The summed E-state index contributed by atoms with van der Waals surface area (Å²) in [4.78, 5) is 2.41. The Morgan fingerprint density at radius 2 is 1.91 bits per heavy atom. The summed E-state index contributed by atoms with van der Waals surface area (Å²) in [5.41, 5.74) is 0.178. The van der Waals surface area contributed by atoms with Crippen molar-refractivity contribution in [1.29, 1.82) is 0 Å². The molecule has 1 aliphatic heterocycles. The fourth-order valence-corrected chi connectivity index (χ4v) is 1.36. The summed E-state index contributed by atoms with van der Waals surface area (Å²) < 4.78 is 5.25. The lowest BCUT2D eigenvalue weighted by Gasteiger charge is -2.32. The predicted octanol–water partition coefficient (Wildman–Crippen LogP) is 1.18. The van der Waals surface area contributed by atoms with Crippen molar-refractivity contribution in [3.05, 3.63) is 6.92 Å². The molecular formula is C9H18NO. The van der Waals surface area contributed by atoms with Crippen LogP contribution in [-0.2, 0) is 4.74 Å². The van der Waals surface area contributed by atoms with E-state index in [4.69, 9.17) is 4.74 Å². The number of morpholine rings is 1. The molecule has 1 fully saturated rings. The summed E-state index contributed by atoms with van der Waals surface area (Å²) in [6, 6.07) is 0. The summed E-state index contributed by atoms with van der Waals surface area (Å²) in [5, 5.41) is 0. The lowest BCUT2D eigenvalue weighted by atomic mass is 9.96. The maximum Gasteiger partial charge on any atom is 0.0594 e. The van der Waals surface area contributed by atoms with Crippen LogP contribution in [0, 0.1) is 12.3 Å². The molecule has 11 heavy (non-hydrogen) atoms. The van der Waals surface area contributed by atoms with Gasteiger partial charge in [-0.3, -0.25) is 4.90 Å². The van der Waals surface area contributed by atoms with E-state index in [1.807, 2.05) is 0 Å². The number of rotatable bonds is 2. The fraction of sp³-hybridized carbons (Fsp3) is 0.889. The van der Waals surface area contributed by atoms with Crippen LogP contribution in [-0.4, -0.2) is 37.7 Å². The Hall–Kier alpha value is -0.0800. The normalized spacial score (nSPS) is 22.1. The van der Waals surface area contributed by atoms with Crippen LogP contribution in [0.15, 0.2) is 0 Å². The second-order valence-electron chi connectivity index (χ2n) is 4.05. The molecule has 0 saturated carbocycles. The highest BCUT2D eigenvalue weighted by Gasteiger charge is 2.17. The van der Waals surface area contributed by atoms with Gasteiger partial charge in [-0.25, -0.2) is 0 Å². The first-order chi connectivity index (χ1) is 5.08. The Balaban J connectivity index is 2.24. The van der Waals surface area contributed by atoms with E-state index in [0.717, 1.165) is 32.8 Å². The van der Waals surface area contributed by atoms with E-state index in [2.05, 4.69) is 25.7 Å². The van der Waals surface area contributed by atoms with E-state index in [-0.39, 0.29) is 5.41 Å². The van der Waals surface area contributed by atoms with Gasteiger partial charge in [0.05, 0.1) is 13.2 Å². The van der Waals surface area contributed by atoms with E-state index >= 15 is 0 Å². The van der Waals surface area contributed by atoms with Crippen molar-refractivity contribution >= 4 is 0 Å². The standard InChI is InChI=1S/C9H18NO/c1-9(2,3)8-10-4-6-11-7-5-10/h1,4-8H2,2-3H3. The SMILES string of the molecule is [CH2]C(C)(C)CN1CCOCC1. The zero-order valence-electron chi connectivity index (χ0n) is 7.60. The third-order valence-electron chi connectivity index (χ3n) is 1.76. The first-order valence-corrected chi connectivity index (χ1v) is 4.23. The molecule has 2 heteroatoms. The molecule has 0 atom stereocenters. The minimum Gasteiger partial charge on any atom is -0.379 e. The van der Waals surface area contributed by atoms with Crippen molar-refractivity contribution in [2.45, 2.75) is 13.8 Å². The molecule has 0 N–H and O–H groups in total. The van der Waals surface area contributed by atoms with E-state index in [1.165, 1.54) is 0 Å². The van der Waals surface area contributed by atoms with Gasteiger partial charge in [-0.1, -0.05) is 13.8 Å². The summed E-state index contributed by atoms with van der Waals surface area (Å²) in [6.45, 7) is 13.4. The lowest BCUT2D eigenvalue weighted by molar-refractivity contribution is 0.0265. The summed E-state index contributed by atoms with van der Waals surface area (Å²) >= 11 is 0. The van der Waals surface area contributed by atoms with Gasteiger partial charge in [0.25, 0.3) is 0 Å². The number of hydrogen-bond acceptors (Lipinski definition) is 2. The summed E-state index contributed by atoms with van der Waals surface area (Å²) in [7, 11) is 0. The highest BCUT2D eigenvalue weighted by Crippen LogP contribution is 2.14. The van der Waals surface area contributed by atoms with Gasteiger partial charge in [0.2, 0.25) is 0 Å². The topological polar surface area (TPSA) is 12.5 Å². The maximum atomic E-state index is 5.25. The molecule has 0 bridgehead atoms. The molecule has 1 rings (SSSR count). The molecule has 2 nitrogen and oxygen atoms in total. The second-order valence-corrected chi connectivity index (χ2v) is 4.05. The molecule has 0 aromatic carbocycles. The zero-order chi connectivity index (χ0) is 8.32. The Morgan fingerprint density at radius 3 is 2.36 bits per heavy atom. The first-order valence-electron chi connectivity index (χ1n) is 4.23. The van der Waals surface area contributed by atoms with Gasteiger partial charge in [-0.2, -0.15) is 0 Å². The molecular weight excluding hydrogens is 138 g/mol. The second kappa shape index (κ2) is 3.55. The van der Waals surface area contributed by atoms with Crippen LogP contribution in [0.2, 0.25) is 0 Å². The average Bonchev–Trinajstić information content (AvgIpc) is 1.85. The third kappa shape index (κ3) is 3.73. The van der Waals surface area contributed by atoms with Crippen molar-refractivity contribution in [2.24, 2.45) is 5.41 Å². The summed E-state index contributed by atoms with van der Waals surface area (Å²) in [6.07, 6.45) is 0. The molecule has 1 aliphatic rings. The molecule has 1 radical (unpaired) electrons. The van der Waals surface area contributed by atoms with Crippen molar-refractivity contribution < 1.29 is 4.74 Å².